The van der Waals surface area contributed by atoms with Gasteiger partial charge in [-0.15, -0.1) is 0 Å². The van der Waals surface area contributed by atoms with Crippen molar-refractivity contribution in [3.8, 4) is 11.5 Å². The SMILES string of the molecule is Cc1nc(N)c(-c2ccco2)[nH]1. The van der Waals surface area contributed by atoms with E-state index >= 15 is 0 Å². The summed E-state index contributed by atoms with van der Waals surface area (Å²) in [5, 5.41) is 0. The number of nitrogens with zero attached hydrogens (tertiary/aromatic N) is 1. The molecule has 0 fully saturated rings. The molecule has 62 valence electrons. The predicted molar refractivity (Wildman–Crippen MR) is 45.4 cm³/mol. The first kappa shape index (κ1) is 6.97. The lowest BCUT2D eigenvalue weighted by Crippen LogP contribution is -1.86. The lowest BCUT2D eigenvalue weighted by Gasteiger charge is -1.90. The molecule has 0 saturated carbocycles. The minimum atomic E-state index is 0.474. The molecule has 0 saturated heterocycles. The molecule has 2 aromatic rings. The van der Waals surface area contributed by atoms with Crippen LogP contribution in [0.2, 0.25) is 0 Å². The Morgan fingerprint density at radius 2 is 2.42 bits per heavy atom. The van der Waals surface area contributed by atoms with Gasteiger partial charge in [0.05, 0.1) is 6.26 Å². The van der Waals surface area contributed by atoms with Gasteiger partial charge in [-0.1, -0.05) is 0 Å². The Bertz CT molecular complexity index is 375. The second-order valence-corrected chi connectivity index (χ2v) is 2.56. The second-order valence-electron chi connectivity index (χ2n) is 2.56. The van der Waals surface area contributed by atoms with Crippen LogP contribution in [0.25, 0.3) is 11.5 Å². The monoisotopic (exact) mass is 163 g/mol. The van der Waals surface area contributed by atoms with Crippen LogP contribution in [0.3, 0.4) is 0 Å². The number of rotatable bonds is 1. The third-order valence-corrected chi connectivity index (χ3v) is 1.62. The fourth-order valence-electron chi connectivity index (χ4n) is 1.12. The number of aryl methyl sites for hydroxylation is 1. The number of nitrogen functional groups attached to an aromatic ring is 1. The first-order valence-corrected chi connectivity index (χ1v) is 3.63. The van der Waals surface area contributed by atoms with Gasteiger partial charge in [0.15, 0.2) is 11.6 Å². The fraction of sp³-hybridized carbons (Fsp3) is 0.125. The Morgan fingerprint density at radius 1 is 1.58 bits per heavy atom. The highest BCUT2D eigenvalue weighted by atomic mass is 16.3. The molecule has 2 aromatic heterocycles. The van der Waals surface area contributed by atoms with Crippen molar-refractivity contribution >= 4 is 5.82 Å². The Morgan fingerprint density at radius 3 is 2.92 bits per heavy atom. The summed E-state index contributed by atoms with van der Waals surface area (Å²) < 4.78 is 5.16. The Labute approximate surface area is 69.4 Å². The van der Waals surface area contributed by atoms with Crippen molar-refractivity contribution < 1.29 is 4.42 Å². The van der Waals surface area contributed by atoms with Gasteiger partial charge in [-0.2, -0.15) is 0 Å². The van der Waals surface area contributed by atoms with Crippen molar-refractivity contribution in [3.63, 3.8) is 0 Å². The molecule has 0 atom stereocenters. The van der Waals surface area contributed by atoms with Crippen molar-refractivity contribution in [1.82, 2.24) is 9.97 Å². The zero-order valence-electron chi connectivity index (χ0n) is 6.66. The highest BCUT2D eigenvalue weighted by Crippen LogP contribution is 2.22. The Balaban J connectivity index is 2.54. The van der Waals surface area contributed by atoms with E-state index in [1.807, 2.05) is 19.1 Å². The van der Waals surface area contributed by atoms with E-state index in [2.05, 4.69) is 9.97 Å². The molecule has 0 radical (unpaired) electrons. The number of anilines is 1. The average molecular weight is 163 g/mol. The topological polar surface area (TPSA) is 67.8 Å². The maximum Gasteiger partial charge on any atom is 0.153 e. The van der Waals surface area contributed by atoms with E-state index in [0.717, 1.165) is 11.5 Å². The maximum atomic E-state index is 5.63. The molecule has 0 aromatic carbocycles. The number of nitrogens with one attached hydrogen (secondary N) is 1. The largest absolute Gasteiger partial charge is 0.463 e. The predicted octanol–water partition coefficient (Wildman–Crippen LogP) is 1.56. The Hall–Kier alpha value is -1.71. The molecule has 0 unspecified atom stereocenters. The summed E-state index contributed by atoms with van der Waals surface area (Å²) >= 11 is 0. The van der Waals surface area contributed by atoms with Gasteiger partial charge in [-0.25, -0.2) is 4.98 Å². The number of aromatic nitrogens is 2. The van der Waals surface area contributed by atoms with Gasteiger partial charge in [-0.3, -0.25) is 0 Å². The summed E-state index contributed by atoms with van der Waals surface area (Å²) in [6, 6.07) is 3.65. The summed E-state index contributed by atoms with van der Waals surface area (Å²) in [6.07, 6.45) is 1.60. The van der Waals surface area contributed by atoms with Crippen LogP contribution in [-0.4, -0.2) is 9.97 Å². The first-order chi connectivity index (χ1) is 5.77. The lowest BCUT2D eigenvalue weighted by atomic mass is 10.3. The molecule has 0 spiro atoms. The summed E-state index contributed by atoms with van der Waals surface area (Å²) in [5.41, 5.74) is 6.38. The van der Waals surface area contributed by atoms with Crippen LogP contribution in [0.1, 0.15) is 5.82 Å². The summed E-state index contributed by atoms with van der Waals surface area (Å²) in [6.45, 7) is 1.85. The molecule has 3 N–H and O–H groups in total. The van der Waals surface area contributed by atoms with Crippen molar-refractivity contribution in [2.24, 2.45) is 0 Å². The number of furan rings is 1. The molecular weight excluding hydrogens is 154 g/mol. The molecule has 0 amide bonds. The van der Waals surface area contributed by atoms with Crippen LogP contribution in [0.5, 0.6) is 0 Å². The van der Waals surface area contributed by atoms with Crippen LogP contribution in [0.4, 0.5) is 5.82 Å². The number of aromatic amines is 1. The normalized spacial score (nSPS) is 10.4. The highest BCUT2D eigenvalue weighted by molar-refractivity contribution is 5.65. The van der Waals surface area contributed by atoms with Crippen LogP contribution in [0, 0.1) is 6.92 Å². The standard InChI is InChI=1S/C8H9N3O/c1-5-10-7(8(9)11-5)6-3-2-4-12-6/h2-4H,9H2,1H3,(H,10,11). The maximum absolute atomic E-state index is 5.63. The van der Waals surface area contributed by atoms with Gasteiger partial charge >= 0.3 is 0 Å². The number of H-pyrrole nitrogens is 1. The van der Waals surface area contributed by atoms with Crippen LogP contribution in [0.15, 0.2) is 22.8 Å². The van der Waals surface area contributed by atoms with E-state index in [0.29, 0.717) is 11.6 Å². The van der Waals surface area contributed by atoms with E-state index < -0.39 is 0 Å². The highest BCUT2D eigenvalue weighted by Gasteiger charge is 2.08. The van der Waals surface area contributed by atoms with Gasteiger partial charge in [-0.05, 0) is 19.1 Å². The molecule has 2 rings (SSSR count). The van der Waals surface area contributed by atoms with Gasteiger partial charge in [0.1, 0.15) is 11.5 Å². The van der Waals surface area contributed by atoms with Gasteiger partial charge < -0.3 is 15.1 Å². The van der Waals surface area contributed by atoms with Crippen LogP contribution < -0.4 is 5.73 Å². The number of hydrogen-bond acceptors (Lipinski definition) is 3. The van der Waals surface area contributed by atoms with Gasteiger partial charge in [0.25, 0.3) is 0 Å². The second kappa shape index (κ2) is 2.41. The van der Waals surface area contributed by atoms with Gasteiger partial charge in [0, 0.05) is 0 Å². The molecule has 4 nitrogen and oxygen atoms in total. The summed E-state index contributed by atoms with van der Waals surface area (Å²) in [5.74, 6) is 1.98. The van der Waals surface area contributed by atoms with E-state index in [-0.39, 0.29) is 0 Å². The van der Waals surface area contributed by atoms with Crippen LogP contribution in [-0.2, 0) is 0 Å². The quantitative estimate of drug-likeness (QED) is 0.670. The van der Waals surface area contributed by atoms with Crippen molar-refractivity contribution in [2.75, 3.05) is 5.73 Å². The smallest absolute Gasteiger partial charge is 0.153 e. The van der Waals surface area contributed by atoms with Crippen LogP contribution >= 0.6 is 0 Å². The molecule has 2 heterocycles. The summed E-state index contributed by atoms with van der Waals surface area (Å²) in [4.78, 5) is 7.05. The molecule has 0 aliphatic carbocycles. The zero-order chi connectivity index (χ0) is 8.55. The van der Waals surface area contributed by atoms with Gasteiger partial charge in [0.2, 0.25) is 0 Å². The molecule has 0 aliphatic heterocycles. The van der Waals surface area contributed by atoms with E-state index in [4.69, 9.17) is 10.2 Å². The van der Waals surface area contributed by atoms with E-state index in [1.54, 1.807) is 6.26 Å². The van der Waals surface area contributed by atoms with E-state index in [9.17, 15) is 0 Å². The third kappa shape index (κ3) is 0.972. The number of nitrogens with two attached hydrogens (primary N) is 1. The molecule has 0 aliphatic rings. The number of hydrogen-bond donors (Lipinski definition) is 2. The van der Waals surface area contributed by atoms with Crippen molar-refractivity contribution in [1.29, 1.82) is 0 Å². The number of imidazole rings is 1. The lowest BCUT2D eigenvalue weighted by molar-refractivity contribution is 0.580. The minimum absolute atomic E-state index is 0.474. The molecule has 0 bridgehead atoms. The molecule has 12 heavy (non-hydrogen) atoms. The fourth-order valence-corrected chi connectivity index (χ4v) is 1.12. The molecular formula is C8H9N3O. The molecule has 4 heteroatoms. The Kier molecular flexibility index (Phi) is 1.40. The average Bonchev–Trinajstić information content (AvgIpc) is 2.58. The minimum Gasteiger partial charge on any atom is -0.463 e. The van der Waals surface area contributed by atoms with Crippen molar-refractivity contribution in [2.45, 2.75) is 6.92 Å². The summed E-state index contributed by atoms with van der Waals surface area (Å²) in [7, 11) is 0. The zero-order valence-corrected chi connectivity index (χ0v) is 6.66. The van der Waals surface area contributed by atoms with Crippen molar-refractivity contribution in [3.05, 3.63) is 24.2 Å². The van der Waals surface area contributed by atoms with E-state index in [1.165, 1.54) is 0 Å². The first-order valence-electron chi connectivity index (χ1n) is 3.63. The third-order valence-electron chi connectivity index (χ3n) is 1.62.